The largest absolute Gasteiger partial charge is 0.375 e. The first-order valence-electron chi connectivity index (χ1n) is 6.88. The number of benzene rings is 1. The molecule has 1 aromatic carbocycles. The van der Waals surface area contributed by atoms with Gasteiger partial charge in [0.05, 0.1) is 18.2 Å². The zero-order valence-electron chi connectivity index (χ0n) is 12.6. The second kappa shape index (κ2) is 7.04. The molecule has 21 heavy (non-hydrogen) atoms. The van der Waals surface area contributed by atoms with Gasteiger partial charge in [-0.05, 0) is 19.4 Å². The van der Waals surface area contributed by atoms with Crippen LogP contribution < -0.4 is 5.32 Å². The molecule has 2 rings (SSSR count). The fourth-order valence-corrected chi connectivity index (χ4v) is 2.19. The summed E-state index contributed by atoms with van der Waals surface area (Å²) in [5.74, 6) is 0.622. The van der Waals surface area contributed by atoms with Gasteiger partial charge in [0.1, 0.15) is 5.76 Å². The molecule has 112 valence electrons. The van der Waals surface area contributed by atoms with Crippen molar-refractivity contribution in [3.8, 4) is 0 Å². The van der Waals surface area contributed by atoms with Crippen molar-refractivity contribution in [2.45, 2.75) is 26.4 Å². The lowest BCUT2D eigenvalue weighted by molar-refractivity contribution is -0.121. The number of hydrogen-bond donors (Lipinski definition) is 1. The number of carbonyl (C=O) groups excluding carboxylic acids is 1. The molecule has 0 aliphatic carbocycles. The van der Waals surface area contributed by atoms with Crippen LogP contribution in [0.5, 0.6) is 0 Å². The molecular formula is C16H20N2O3. The van der Waals surface area contributed by atoms with Crippen LogP contribution in [0.25, 0.3) is 0 Å². The molecule has 0 saturated carbocycles. The fourth-order valence-electron chi connectivity index (χ4n) is 2.19. The maximum atomic E-state index is 12.0. The van der Waals surface area contributed by atoms with Crippen LogP contribution in [-0.2, 0) is 16.0 Å². The van der Waals surface area contributed by atoms with E-state index in [9.17, 15) is 4.79 Å². The van der Waals surface area contributed by atoms with Gasteiger partial charge >= 0.3 is 0 Å². The molecule has 0 saturated heterocycles. The summed E-state index contributed by atoms with van der Waals surface area (Å²) >= 11 is 0. The molecule has 1 amide bonds. The van der Waals surface area contributed by atoms with Crippen molar-refractivity contribution >= 4 is 5.91 Å². The minimum absolute atomic E-state index is 0.0672. The third kappa shape index (κ3) is 3.92. The Kier molecular flexibility index (Phi) is 5.11. The van der Waals surface area contributed by atoms with Gasteiger partial charge in [-0.3, -0.25) is 4.79 Å². The van der Waals surface area contributed by atoms with Crippen LogP contribution in [0.15, 0.2) is 34.9 Å². The molecule has 0 aliphatic heterocycles. The quantitative estimate of drug-likeness (QED) is 0.886. The first-order chi connectivity index (χ1) is 10.1. The summed E-state index contributed by atoms with van der Waals surface area (Å²) in [6.07, 6.45) is 0.117. The lowest BCUT2D eigenvalue weighted by atomic mass is 10.1. The van der Waals surface area contributed by atoms with Crippen molar-refractivity contribution in [1.29, 1.82) is 0 Å². The maximum absolute atomic E-state index is 12.0. The van der Waals surface area contributed by atoms with Crippen molar-refractivity contribution in [1.82, 2.24) is 10.5 Å². The molecular weight excluding hydrogens is 268 g/mol. The number of methoxy groups -OCH3 is 1. The minimum Gasteiger partial charge on any atom is -0.375 e. The predicted molar refractivity (Wildman–Crippen MR) is 78.9 cm³/mol. The molecule has 0 radical (unpaired) electrons. The Morgan fingerprint density at radius 3 is 2.62 bits per heavy atom. The van der Waals surface area contributed by atoms with E-state index >= 15 is 0 Å². The van der Waals surface area contributed by atoms with E-state index in [1.807, 2.05) is 44.2 Å². The molecule has 1 N–H and O–H groups in total. The summed E-state index contributed by atoms with van der Waals surface area (Å²) in [7, 11) is 1.64. The summed E-state index contributed by atoms with van der Waals surface area (Å²) in [5, 5.41) is 6.74. The molecule has 1 heterocycles. The number of aryl methyl sites for hydroxylation is 2. The molecule has 5 nitrogen and oxygen atoms in total. The van der Waals surface area contributed by atoms with Crippen molar-refractivity contribution in [2.24, 2.45) is 0 Å². The molecule has 5 heteroatoms. The van der Waals surface area contributed by atoms with Gasteiger partial charge in [-0.15, -0.1) is 0 Å². The Morgan fingerprint density at radius 2 is 2.05 bits per heavy atom. The average Bonchev–Trinajstić information content (AvgIpc) is 2.81. The highest BCUT2D eigenvalue weighted by Gasteiger charge is 2.15. The van der Waals surface area contributed by atoms with E-state index in [0.717, 1.165) is 16.8 Å². The van der Waals surface area contributed by atoms with E-state index in [0.29, 0.717) is 12.3 Å². The van der Waals surface area contributed by atoms with E-state index < -0.39 is 0 Å². The van der Waals surface area contributed by atoms with Gasteiger partial charge in [-0.1, -0.05) is 35.5 Å². The Labute approximate surface area is 124 Å². The first-order valence-corrected chi connectivity index (χ1v) is 6.88. The van der Waals surface area contributed by atoms with Gasteiger partial charge < -0.3 is 14.6 Å². The lowest BCUT2D eigenvalue weighted by Gasteiger charge is -2.16. The molecule has 1 unspecified atom stereocenters. The summed E-state index contributed by atoms with van der Waals surface area (Å²) in [6, 6.07) is 9.82. The van der Waals surface area contributed by atoms with E-state index in [4.69, 9.17) is 9.26 Å². The zero-order chi connectivity index (χ0) is 15.2. The Morgan fingerprint density at radius 1 is 1.33 bits per heavy atom. The minimum atomic E-state index is -0.153. The summed E-state index contributed by atoms with van der Waals surface area (Å²) < 4.78 is 10.5. The number of aromatic nitrogens is 1. The monoisotopic (exact) mass is 288 g/mol. The molecule has 1 aromatic heterocycles. The van der Waals surface area contributed by atoms with Crippen molar-refractivity contribution in [3.63, 3.8) is 0 Å². The van der Waals surface area contributed by atoms with Gasteiger partial charge in [-0.25, -0.2) is 0 Å². The van der Waals surface area contributed by atoms with Crippen LogP contribution in [0.2, 0.25) is 0 Å². The third-order valence-electron chi connectivity index (χ3n) is 3.46. The Hall–Kier alpha value is -2.14. The standard InChI is InChI=1S/C16H20N2O3/c1-11-14(12(2)21-18-11)9-16(19)17-10-15(20-3)13-7-5-4-6-8-13/h4-8,15H,9-10H2,1-3H3,(H,17,19). The number of carbonyl (C=O) groups is 1. The van der Waals surface area contributed by atoms with Crippen LogP contribution in [0.3, 0.4) is 0 Å². The molecule has 1 atom stereocenters. The molecule has 0 aliphatic rings. The number of hydrogen-bond acceptors (Lipinski definition) is 4. The first kappa shape index (κ1) is 15.3. The van der Waals surface area contributed by atoms with E-state index in [1.54, 1.807) is 7.11 Å². The lowest BCUT2D eigenvalue weighted by Crippen LogP contribution is -2.30. The molecule has 0 spiro atoms. The number of ether oxygens (including phenoxy) is 1. The van der Waals surface area contributed by atoms with Crippen LogP contribution in [0.1, 0.15) is 28.7 Å². The highest BCUT2D eigenvalue weighted by atomic mass is 16.5. The number of amides is 1. The summed E-state index contributed by atoms with van der Waals surface area (Å²) in [6.45, 7) is 4.08. The van der Waals surface area contributed by atoms with Crippen LogP contribution in [0.4, 0.5) is 0 Å². The van der Waals surface area contributed by atoms with Gasteiger partial charge in [0, 0.05) is 19.2 Å². The van der Waals surface area contributed by atoms with Crippen LogP contribution in [-0.4, -0.2) is 24.7 Å². The fraction of sp³-hybridized carbons (Fsp3) is 0.375. The van der Waals surface area contributed by atoms with Gasteiger partial charge in [-0.2, -0.15) is 0 Å². The van der Waals surface area contributed by atoms with Gasteiger partial charge in [0.15, 0.2) is 0 Å². The number of nitrogens with zero attached hydrogens (tertiary/aromatic N) is 1. The van der Waals surface area contributed by atoms with Crippen molar-refractivity contribution in [3.05, 3.63) is 52.9 Å². The highest BCUT2D eigenvalue weighted by molar-refractivity contribution is 5.79. The third-order valence-corrected chi connectivity index (χ3v) is 3.46. The number of nitrogens with one attached hydrogen (secondary N) is 1. The van der Waals surface area contributed by atoms with E-state index in [2.05, 4.69) is 10.5 Å². The van der Waals surface area contributed by atoms with Crippen LogP contribution >= 0.6 is 0 Å². The summed E-state index contributed by atoms with van der Waals surface area (Å²) in [5.41, 5.74) is 2.65. The molecule has 0 fully saturated rings. The van der Waals surface area contributed by atoms with Crippen LogP contribution in [0, 0.1) is 13.8 Å². The predicted octanol–water partition coefficient (Wildman–Crippen LogP) is 2.34. The number of rotatable bonds is 6. The maximum Gasteiger partial charge on any atom is 0.224 e. The summed E-state index contributed by atoms with van der Waals surface area (Å²) in [4.78, 5) is 12.0. The smallest absolute Gasteiger partial charge is 0.224 e. The van der Waals surface area contributed by atoms with Crippen molar-refractivity contribution < 1.29 is 14.1 Å². The van der Waals surface area contributed by atoms with Crippen molar-refractivity contribution in [2.75, 3.05) is 13.7 Å². The molecule has 2 aromatic rings. The van der Waals surface area contributed by atoms with E-state index in [-0.39, 0.29) is 18.4 Å². The second-order valence-electron chi connectivity index (χ2n) is 4.92. The SMILES string of the molecule is COC(CNC(=O)Cc1c(C)noc1C)c1ccccc1. The zero-order valence-corrected chi connectivity index (χ0v) is 12.6. The topological polar surface area (TPSA) is 64.4 Å². The Balaban J connectivity index is 1.91. The van der Waals surface area contributed by atoms with Gasteiger partial charge in [0.25, 0.3) is 0 Å². The average molecular weight is 288 g/mol. The molecule has 0 bridgehead atoms. The highest BCUT2D eigenvalue weighted by Crippen LogP contribution is 2.16. The normalized spacial score (nSPS) is 12.1. The van der Waals surface area contributed by atoms with Gasteiger partial charge in [0.2, 0.25) is 5.91 Å². The Bertz CT molecular complexity index is 573. The van der Waals surface area contributed by atoms with E-state index in [1.165, 1.54) is 0 Å². The second-order valence-corrected chi connectivity index (χ2v) is 4.92.